The fourth-order valence-corrected chi connectivity index (χ4v) is 3.31. The number of urea groups is 1. The van der Waals surface area contributed by atoms with Gasteiger partial charge in [-0.25, -0.2) is 4.79 Å². The normalized spacial score (nSPS) is 16.9. The van der Waals surface area contributed by atoms with E-state index in [1.165, 1.54) is 44.2 Å². The number of carbonyl (C=O) groups excluding carboxylic acids is 2. The first-order chi connectivity index (χ1) is 14.1. The minimum Gasteiger partial charge on any atom is -0.495 e. The van der Waals surface area contributed by atoms with E-state index in [0.29, 0.717) is 11.4 Å². The second-order valence-corrected chi connectivity index (χ2v) is 6.68. The molecule has 9 heteroatoms. The van der Waals surface area contributed by atoms with Crippen LogP contribution in [0.25, 0.3) is 0 Å². The van der Waals surface area contributed by atoms with Crippen molar-refractivity contribution in [2.45, 2.75) is 19.1 Å². The number of methoxy groups -OCH3 is 1. The van der Waals surface area contributed by atoms with Gasteiger partial charge in [0.1, 0.15) is 5.75 Å². The molecule has 0 bridgehead atoms. The van der Waals surface area contributed by atoms with E-state index in [4.69, 9.17) is 4.74 Å². The van der Waals surface area contributed by atoms with Crippen molar-refractivity contribution in [3.8, 4) is 5.75 Å². The summed E-state index contributed by atoms with van der Waals surface area (Å²) >= 11 is 0. The molecule has 1 heterocycles. The van der Waals surface area contributed by atoms with E-state index in [2.05, 4.69) is 10.6 Å². The lowest BCUT2D eigenvalue weighted by Crippen LogP contribution is -2.47. The van der Waals surface area contributed by atoms with Gasteiger partial charge in [-0.1, -0.05) is 30.3 Å². The molecule has 0 fully saturated rings. The van der Waals surface area contributed by atoms with Crippen molar-refractivity contribution in [3.63, 3.8) is 0 Å². The van der Waals surface area contributed by atoms with E-state index >= 15 is 0 Å². The molecule has 0 unspecified atom stereocenters. The first kappa shape index (κ1) is 21.2. The van der Waals surface area contributed by atoms with Crippen molar-refractivity contribution >= 4 is 17.6 Å². The summed E-state index contributed by atoms with van der Waals surface area (Å²) in [6.45, 7) is 1.51. The number of hydrogen-bond donors (Lipinski definition) is 2. The van der Waals surface area contributed by atoms with Crippen LogP contribution in [-0.4, -0.2) is 31.0 Å². The second kappa shape index (κ2) is 8.10. The molecule has 0 saturated heterocycles. The van der Waals surface area contributed by atoms with Crippen LogP contribution in [0.5, 0.6) is 5.75 Å². The molecule has 0 spiro atoms. The molecule has 2 aromatic rings. The molecule has 1 atom stereocenters. The van der Waals surface area contributed by atoms with Crippen LogP contribution in [0.15, 0.2) is 59.8 Å². The van der Waals surface area contributed by atoms with Crippen molar-refractivity contribution in [2.24, 2.45) is 0 Å². The van der Waals surface area contributed by atoms with Gasteiger partial charge in [-0.15, -0.1) is 0 Å². The van der Waals surface area contributed by atoms with E-state index in [9.17, 15) is 22.8 Å². The predicted molar refractivity (Wildman–Crippen MR) is 105 cm³/mol. The Kier molecular flexibility index (Phi) is 5.73. The monoisotopic (exact) mass is 419 g/mol. The molecule has 1 aliphatic rings. The number of hydrogen-bond acceptors (Lipinski definition) is 3. The number of rotatable bonds is 4. The molecular formula is C21H20F3N3O3. The Hall–Kier alpha value is -3.49. The van der Waals surface area contributed by atoms with Gasteiger partial charge in [-0.3, -0.25) is 4.79 Å². The standard InChI is InChI=1S/C21H20F3N3O3/c1-12-17(19(28)25-15-10-6-7-11-16(15)30-3)18(26-20(29)27(12)2)13-8-4-5-9-14(13)21(22,23)24/h4-11,18H,1-3H3,(H,25,28)(H,26,29)/t18-/m1/s1. The molecule has 0 aliphatic carbocycles. The number of carbonyl (C=O) groups is 2. The van der Waals surface area contributed by atoms with Crippen LogP contribution in [0.3, 0.4) is 0 Å². The van der Waals surface area contributed by atoms with Crippen LogP contribution < -0.4 is 15.4 Å². The summed E-state index contributed by atoms with van der Waals surface area (Å²) in [6, 6.07) is 9.63. The minimum absolute atomic E-state index is 0.000272. The Labute approximate surface area is 171 Å². The number of amides is 3. The highest BCUT2D eigenvalue weighted by Crippen LogP contribution is 2.39. The summed E-state index contributed by atoms with van der Waals surface area (Å²) in [7, 11) is 2.87. The highest BCUT2D eigenvalue weighted by Gasteiger charge is 2.40. The van der Waals surface area contributed by atoms with Crippen LogP contribution in [0.1, 0.15) is 24.1 Å². The molecule has 0 radical (unpaired) electrons. The first-order valence-corrected chi connectivity index (χ1v) is 9.00. The third-order valence-corrected chi connectivity index (χ3v) is 4.93. The highest BCUT2D eigenvalue weighted by molar-refractivity contribution is 6.07. The quantitative estimate of drug-likeness (QED) is 0.775. The number of para-hydroxylation sites is 2. The average Bonchev–Trinajstić information content (AvgIpc) is 2.71. The van der Waals surface area contributed by atoms with Gasteiger partial charge >= 0.3 is 12.2 Å². The van der Waals surface area contributed by atoms with Crippen LogP contribution in [0.2, 0.25) is 0 Å². The van der Waals surface area contributed by atoms with Crippen molar-refractivity contribution in [1.82, 2.24) is 10.2 Å². The molecule has 1 aliphatic heterocycles. The van der Waals surface area contributed by atoms with Crippen molar-refractivity contribution < 1.29 is 27.5 Å². The lowest BCUT2D eigenvalue weighted by atomic mass is 9.90. The number of ether oxygens (including phenoxy) is 1. The molecule has 2 aromatic carbocycles. The Morgan fingerprint density at radius 1 is 1.13 bits per heavy atom. The lowest BCUT2D eigenvalue weighted by Gasteiger charge is -2.34. The second-order valence-electron chi connectivity index (χ2n) is 6.68. The maximum absolute atomic E-state index is 13.6. The van der Waals surface area contributed by atoms with Gasteiger partial charge in [0, 0.05) is 12.7 Å². The number of nitrogens with one attached hydrogen (secondary N) is 2. The smallest absolute Gasteiger partial charge is 0.416 e. The third-order valence-electron chi connectivity index (χ3n) is 4.93. The summed E-state index contributed by atoms with van der Waals surface area (Å²) in [4.78, 5) is 26.7. The number of alkyl halides is 3. The van der Waals surface area contributed by atoms with Gasteiger partial charge in [-0.2, -0.15) is 13.2 Å². The van der Waals surface area contributed by atoms with E-state index < -0.39 is 29.7 Å². The molecule has 3 rings (SSSR count). The number of halogens is 3. The van der Waals surface area contributed by atoms with Crippen LogP contribution in [0, 0.1) is 0 Å². The minimum atomic E-state index is -4.65. The summed E-state index contributed by atoms with van der Waals surface area (Å²) in [6.07, 6.45) is -4.65. The number of anilines is 1. The summed E-state index contributed by atoms with van der Waals surface area (Å²) in [5.41, 5.74) is -0.535. The Bertz CT molecular complexity index is 1020. The zero-order valence-electron chi connectivity index (χ0n) is 16.5. The molecule has 30 heavy (non-hydrogen) atoms. The van der Waals surface area contributed by atoms with Gasteiger partial charge in [0.2, 0.25) is 0 Å². The maximum atomic E-state index is 13.6. The van der Waals surface area contributed by atoms with E-state index in [1.807, 2.05) is 0 Å². The summed E-state index contributed by atoms with van der Waals surface area (Å²) in [5.74, 6) is -0.254. The van der Waals surface area contributed by atoms with Gasteiger partial charge in [-0.05, 0) is 30.7 Å². The van der Waals surface area contributed by atoms with Gasteiger partial charge in [0.15, 0.2) is 0 Å². The van der Waals surface area contributed by atoms with Crippen LogP contribution in [0.4, 0.5) is 23.7 Å². The Balaban J connectivity index is 2.10. The zero-order chi connectivity index (χ0) is 22.1. The molecular weight excluding hydrogens is 399 g/mol. The molecule has 0 saturated carbocycles. The van der Waals surface area contributed by atoms with Crippen molar-refractivity contribution in [3.05, 3.63) is 70.9 Å². The first-order valence-electron chi connectivity index (χ1n) is 9.00. The number of allylic oxidation sites excluding steroid dienone is 1. The Morgan fingerprint density at radius 2 is 1.77 bits per heavy atom. The SMILES string of the molecule is COc1ccccc1NC(=O)C1=C(C)N(C)C(=O)N[C@@H]1c1ccccc1C(F)(F)F. The fourth-order valence-electron chi connectivity index (χ4n) is 3.31. The van der Waals surface area contributed by atoms with Gasteiger partial charge in [0.25, 0.3) is 5.91 Å². The van der Waals surface area contributed by atoms with Crippen LogP contribution >= 0.6 is 0 Å². The zero-order valence-corrected chi connectivity index (χ0v) is 16.5. The van der Waals surface area contributed by atoms with Crippen molar-refractivity contribution in [1.29, 1.82) is 0 Å². The largest absolute Gasteiger partial charge is 0.495 e. The number of nitrogens with zero attached hydrogens (tertiary/aromatic N) is 1. The third kappa shape index (κ3) is 3.96. The van der Waals surface area contributed by atoms with Gasteiger partial charge in [0.05, 0.1) is 30.0 Å². The molecule has 3 amide bonds. The summed E-state index contributed by atoms with van der Waals surface area (Å²) in [5, 5.41) is 5.18. The van der Waals surface area contributed by atoms with Crippen LogP contribution in [-0.2, 0) is 11.0 Å². The molecule has 2 N–H and O–H groups in total. The van der Waals surface area contributed by atoms with E-state index in [0.717, 1.165) is 6.07 Å². The van der Waals surface area contributed by atoms with Gasteiger partial charge < -0.3 is 20.3 Å². The predicted octanol–water partition coefficient (Wildman–Crippen LogP) is 4.32. The van der Waals surface area contributed by atoms with E-state index in [-0.39, 0.29) is 16.8 Å². The fraction of sp³-hybridized carbons (Fsp3) is 0.238. The Morgan fingerprint density at radius 3 is 2.43 bits per heavy atom. The average molecular weight is 419 g/mol. The number of benzene rings is 2. The maximum Gasteiger partial charge on any atom is 0.416 e. The molecule has 6 nitrogen and oxygen atoms in total. The van der Waals surface area contributed by atoms with Crippen molar-refractivity contribution in [2.75, 3.05) is 19.5 Å². The summed E-state index contributed by atoms with van der Waals surface area (Å²) < 4.78 is 46.0. The topological polar surface area (TPSA) is 70.7 Å². The lowest BCUT2D eigenvalue weighted by molar-refractivity contribution is -0.138. The molecule has 158 valence electrons. The van der Waals surface area contributed by atoms with E-state index in [1.54, 1.807) is 24.3 Å². The highest BCUT2D eigenvalue weighted by atomic mass is 19.4. The molecule has 0 aromatic heterocycles.